The van der Waals surface area contributed by atoms with Crippen LogP contribution < -0.4 is 11.0 Å². The zero-order valence-corrected chi connectivity index (χ0v) is 15.7. The van der Waals surface area contributed by atoms with Gasteiger partial charge in [-0.05, 0) is 22.0 Å². The topological polar surface area (TPSA) is 137 Å². The minimum Gasteiger partial charge on any atom is -0.290 e. The van der Waals surface area contributed by atoms with Gasteiger partial charge in [0.1, 0.15) is 11.6 Å². The molecule has 0 saturated heterocycles. The van der Waals surface area contributed by atoms with E-state index < -0.39 is 10.5 Å². The van der Waals surface area contributed by atoms with Crippen molar-refractivity contribution >= 4 is 33.8 Å². The number of anilines is 1. The second kappa shape index (κ2) is 8.24. The summed E-state index contributed by atoms with van der Waals surface area (Å²) in [6.45, 7) is 0. The molecule has 0 spiro atoms. The molecule has 2 aromatic carbocycles. The fraction of sp³-hybridized carbons (Fsp3) is 0. The molecule has 9 nitrogen and oxygen atoms in total. The molecular weight excluding hydrogens is 428 g/mol. The number of nitrogens with zero attached hydrogens (tertiary/aromatic N) is 4. The molecular formula is C18H11BrN6O3. The van der Waals surface area contributed by atoms with E-state index in [0.29, 0.717) is 15.6 Å². The number of aromatic amines is 1. The van der Waals surface area contributed by atoms with Gasteiger partial charge in [-0.3, -0.25) is 19.9 Å². The van der Waals surface area contributed by atoms with Crippen LogP contribution in [0.1, 0.15) is 11.1 Å². The third-order valence-corrected chi connectivity index (χ3v) is 4.30. The zero-order valence-electron chi connectivity index (χ0n) is 14.1. The summed E-state index contributed by atoms with van der Waals surface area (Å²) in [6, 6.07) is 15.2. The molecule has 3 aromatic rings. The van der Waals surface area contributed by atoms with Crippen LogP contribution in [-0.2, 0) is 0 Å². The Bertz CT molecular complexity index is 1170. The van der Waals surface area contributed by atoms with Crippen LogP contribution in [0.5, 0.6) is 0 Å². The quantitative estimate of drug-likeness (QED) is 0.355. The van der Waals surface area contributed by atoms with Crippen LogP contribution in [-0.4, -0.2) is 21.1 Å². The summed E-state index contributed by atoms with van der Waals surface area (Å²) in [5, 5.41) is 24.2. The molecule has 0 amide bonds. The highest BCUT2D eigenvalue weighted by atomic mass is 79.9. The molecule has 0 aliphatic rings. The van der Waals surface area contributed by atoms with Crippen molar-refractivity contribution in [3.05, 3.63) is 84.6 Å². The maximum absolute atomic E-state index is 12.2. The Hall–Kier alpha value is -3.84. The van der Waals surface area contributed by atoms with Crippen molar-refractivity contribution in [2.24, 2.45) is 5.10 Å². The number of rotatable bonds is 5. The lowest BCUT2D eigenvalue weighted by molar-refractivity contribution is -0.385. The number of halogens is 1. The van der Waals surface area contributed by atoms with Crippen molar-refractivity contribution in [3.8, 4) is 17.3 Å². The van der Waals surface area contributed by atoms with E-state index in [1.54, 1.807) is 30.3 Å². The summed E-state index contributed by atoms with van der Waals surface area (Å²) >= 11 is 3.11. The molecule has 0 atom stereocenters. The van der Waals surface area contributed by atoms with Gasteiger partial charge in [0.05, 0.1) is 21.3 Å². The Morgan fingerprint density at radius 1 is 1.29 bits per heavy atom. The molecule has 0 aliphatic carbocycles. The molecule has 0 aliphatic heterocycles. The van der Waals surface area contributed by atoms with Crippen molar-refractivity contribution in [2.45, 2.75) is 0 Å². The highest BCUT2D eigenvalue weighted by Gasteiger charge is 2.13. The number of aromatic nitrogens is 2. The molecule has 3 rings (SSSR count). The summed E-state index contributed by atoms with van der Waals surface area (Å²) in [5.41, 5.74) is 3.07. The van der Waals surface area contributed by atoms with Crippen molar-refractivity contribution in [1.82, 2.24) is 9.97 Å². The van der Waals surface area contributed by atoms with E-state index in [4.69, 9.17) is 0 Å². The van der Waals surface area contributed by atoms with E-state index >= 15 is 0 Å². The Morgan fingerprint density at radius 3 is 2.71 bits per heavy atom. The molecule has 10 heteroatoms. The average Bonchev–Trinajstić information content (AvgIpc) is 2.69. The highest BCUT2D eigenvalue weighted by Crippen LogP contribution is 2.25. The lowest BCUT2D eigenvalue weighted by Gasteiger charge is -2.06. The van der Waals surface area contributed by atoms with Gasteiger partial charge in [0, 0.05) is 17.2 Å². The Kier molecular flexibility index (Phi) is 5.57. The molecule has 1 aromatic heterocycles. The van der Waals surface area contributed by atoms with Crippen LogP contribution in [0.25, 0.3) is 11.3 Å². The fourth-order valence-electron chi connectivity index (χ4n) is 2.35. The highest BCUT2D eigenvalue weighted by molar-refractivity contribution is 9.10. The fourth-order valence-corrected chi connectivity index (χ4v) is 2.74. The first-order valence-electron chi connectivity index (χ1n) is 7.82. The lowest BCUT2D eigenvalue weighted by atomic mass is 10.1. The molecule has 0 radical (unpaired) electrons. The number of hydrazone groups is 1. The number of benzene rings is 2. The van der Waals surface area contributed by atoms with E-state index in [1.807, 2.05) is 12.1 Å². The number of nitro benzene ring substituents is 1. The zero-order chi connectivity index (χ0) is 20.1. The molecule has 0 bridgehead atoms. The smallest absolute Gasteiger partial charge is 0.284 e. The first-order valence-corrected chi connectivity index (χ1v) is 8.61. The third-order valence-electron chi connectivity index (χ3n) is 3.63. The third kappa shape index (κ3) is 4.11. The summed E-state index contributed by atoms with van der Waals surface area (Å²) < 4.78 is 0.355. The summed E-state index contributed by atoms with van der Waals surface area (Å²) in [4.78, 5) is 29.3. The van der Waals surface area contributed by atoms with Gasteiger partial charge in [-0.2, -0.15) is 10.4 Å². The van der Waals surface area contributed by atoms with Crippen molar-refractivity contribution in [2.75, 3.05) is 5.43 Å². The molecule has 28 heavy (non-hydrogen) atoms. The first kappa shape index (κ1) is 18.9. The molecule has 0 unspecified atom stereocenters. The van der Waals surface area contributed by atoms with Gasteiger partial charge in [0.2, 0.25) is 5.95 Å². The van der Waals surface area contributed by atoms with E-state index in [0.717, 1.165) is 0 Å². The van der Waals surface area contributed by atoms with Crippen molar-refractivity contribution in [3.63, 3.8) is 0 Å². The van der Waals surface area contributed by atoms with E-state index in [1.165, 1.54) is 18.3 Å². The summed E-state index contributed by atoms with van der Waals surface area (Å²) in [5.74, 6) is 0.0331. The largest absolute Gasteiger partial charge is 0.290 e. The van der Waals surface area contributed by atoms with E-state index in [-0.39, 0.29) is 22.9 Å². The number of nitro groups is 1. The second-order valence-corrected chi connectivity index (χ2v) is 6.31. The SMILES string of the molecule is N#Cc1c(-c2ccccc2)nc(NN=Cc2ccc(Br)c([N+](=O)[O-])c2)[nH]c1=O. The predicted molar refractivity (Wildman–Crippen MR) is 107 cm³/mol. The van der Waals surface area contributed by atoms with Crippen LogP contribution in [0.2, 0.25) is 0 Å². The number of nitriles is 1. The maximum atomic E-state index is 12.2. The minimum atomic E-state index is -0.603. The van der Waals surface area contributed by atoms with Gasteiger partial charge >= 0.3 is 0 Å². The molecule has 1 heterocycles. The second-order valence-electron chi connectivity index (χ2n) is 5.45. The van der Waals surface area contributed by atoms with E-state index in [9.17, 15) is 20.2 Å². The van der Waals surface area contributed by atoms with Crippen LogP contribution in [0.4, 0.5) is 11.6 Å². The van der Waals surface area contributed by atoms with Gasteiger partial charge < -0.3 is 0 Å². The van der Waals surface area contributed by atoms with Crippen molar-refractivity contribution in [1.29, 1.82) is 5.26 Å². The molecule has 0 saturated carbocycles. The van der Waals surface area contributed by atoms with Crippen LogP contribution in [0.15, 0.2) is 62.9 Å². The maximum Gasteiger partial charge on any atom is 0.284 e. The average molecular weight is 439 g/mol. The van der Waals surface area contributed by atoms with Gasteiger partial charge in [0.15, 0.2) is 0 Å². The molecule has 2 N–H and O–H groups in total. The van der Waals surface area contributed by atoms with Gasteiger partial charge in [0.25, 0.3) is 11.2 Å². The first-order chi connectivity index (χ1) is 13.5. The lowest BCUT2D eigenvalue weighted by Crippen LogP contribution is -2.16. The number of H-pyrrole nitrogens is 1. The standard InChI is InChI=1S/C18H11BrN6O3/c19-14-7-6-11(8-15(14)25(27)28)10-21-24-18-22-16(12-4-2-1-3-5-12)13(9-20)17(26)23-18/h1-8,10H,(H2,22,23,24,26). The normalized spacial score (nSPS) is 10.6. The monoisotopic (exact) mass is 438 g/mol. The van der Waals surface area contributed by atoms with Gasteiger partial charge in [-0.25, -0.2) is 10.4 Å². The molecule has 0 fully saturated rings. The van der Waals surface area contributed by atoms with Gasteiger partial charge in [-0.15, -0.1) is 0 Å². The predicted octanol–water partition coefficient (Wildman–Crippen LogP) is 3.43. The number of hydrogen-bond acceptors (Lipinski definition) is 7. The van der Waals surface area contributed by atoms with E-state index in [2.05, 4.69) is 36.4 Å². The van der Waals surface area contributed by atoms with Crippen LogP contribution >= 0.6 is 15.9 Å². The van der Waals surface area contributed by atoms with Crippen LogP contribution in [0, 0.1) is 21.4 Å². The number of nitrogens with one attached hydrogen (secondary N) is 2. The van der Waals surface area contributed by atoms with Crippen LogP contribution in [0.3, 0.4) is 0 Å². The Morgan fingerprint density at radius 2 is 2.04 bits per heavy atom. The van der Waals surface area contributed by atoms with Crippen molar-refractivity contribution < 1.29 is 4.92 Å². The Labute approximate surface area is 166 Å². The molecule has 138 valence electrons. The number of hydrogen-bond donors (Lipinski definition) is 2. The summed E-state index contributed by atoms with van der Waals surface area (Å²) in [6.07, 6.45) is 1.35. The Balaban J connectivity index is 1.90. The van der Waals surface area contributed by atoms with Gasteiger partial charge in [-0.1, -0.05) is 36.4 Å². The minimum absolute atomic E-state index is 0.0331. The summed E-state index contributed by atoms with van der Waals surface area (Å²) in [7, 11) is 0.